The van der Waals surface area contributed by atoms with Gasteiger partial charge in [0, 0.05) is 30.7 Å². The minimum Gasteiger partial charge on any atom is -0.461 e. The van der Waals surface area contributed by atoms with Crippen LogP contribution in [0.2, 0.25) is 0 Å². The Balaban J connectivity index is 1.84. The summed E-state index contributed by atoms with van der Waals surface area (Å²) in [5, 5.41) is 17.3. The number of epoxide rings is 1. The first-order valence-electron chi connectivity index (χ1n) is 16.6. The number of esters is 1. The van der Waals surface area contributed by atoms with E-state index < -0.39 is 29.5 Å². The number of nitrogens with one attached hydrogen (secondary N) is 3. The van der Waals surface area contributed by atoms with Crippen LogP contribution < -0.4 is 16.2 Å². The van der Waals surface area contributed by atoms with E-state index in [-0.39, 0.29) is 48.2 Å². The van der Waals surface area contributed by atoms with Crippen LogP contribution in [0.4, 0.5) is 0 Å². The number of hydrogen-bond donors (Lipinski definition) is 4. The standard InChI is InChI=1S/C34H54N4O7S/c1-21-12-11-14-34(7)28(45-34)17-26(22(2)16-25-19-46-24(4)37-25)38-29(40)18-27(33(5,6)32(43)23(3)31(21)42)44-30(41)13-9-8-10-15-35-36-20-39/h16,19-21,23,26-28,31,35,42H,8-15,17-18H2,1-7H3,(H,36,39)(H,38,40)/b22-16+/t21-,23+,26-,27-,28-,31-,34+/m0/s1. The van der Waals surface area contributed by atoms with Crippen molar-refractivity contribution < 1.29 is 33.8 Å². The molecule has 7 atom stereocenters. The third-order valence-electron chi connectivity index (χ3n) is 9.65. The number of aromatic nitrogens is 1. The van der Waals surface area contributed by atoms with Crippen LogP contribution in [0.1, 0.15) is 110 Å². The fourth-order valence-electron chi connectivity index (χ4n) is 6.36. The maximum absolute atomic E-state index is 13.9. The molecular formula is C34H54N4O7S. The number of Topliss-reactive ketones (excluding diaryl/α,β-unsaturated/α-hetero) is 1. The number of nitrogens with zero attached hydrogens (tertiary/aromatic N) is 1. The normalized spacial score (nSPS) is 31.0. The van der Waals surface area contributed by atoms with Gasteiger partial charge in [-0.1, -0.05) is 26.7 Å². The van der Waals surface area contributed by atoms with Gasteiger partial charge in [-0.2, -0.15) is 0 Å². The van der Waals surface area contributed by atoms with Crippen LogP contribution in [0, 0.1) is 24.2 Å². The molecule has 12 heteroatoms. The van der Waals surface area contributed by atoms with E-state index in [1.165, 1.54) is 0 Å². The average molecular weight is 663 g/mol. The first kappa shape index (κ1) is 37.8. The molecule has 0 radical (unpaired) electrons. The van der Waals surface area contributed by atoms with Crippen molar-refractivity contribution in [3.05, 3.63) is 21.7 Å². The van der Waals surface area contributed by atoms with Crippen molar-refractivity contribution in [1.29, 1.82) is 0 Å². The third-order valence-corrected chi connectivity index (χ3v) is 10.4. The van der Waals surface area contributed by atoms with Crippen LogP contribution in [0.3, 0.4) is 0 Å². The Bertz CT molecular complexity index is 1230. The Morgan fingerprint density at radius 2 is 1.98 bits per heavy atom. The van der Waals surface area contributed by atoms with E-state index in [4.69, 9.17) is 9.47 Å². The zero-order chi connectivity index (χ0) is 34.1. The van der Waals surface area contributed by atoms with Crippen LogP contribution in [-0.4, -0.2) is 70.7 Å². The summed E-state index contributed by atoms with van der Waals surface area (Å²) in [5.74, 6) is -1.90. The minimum absolute atomic E-state index is 0.0403. The highest BCUT2D eigenvalue weighted by atomic mass is 32.1. The molecule has 2 aliphatic heterocycles. The molecular weight excluding hydrogens is 608 g/mol. The lowest BCUT2D eigenvalue weighted by Gasteiger charge is -2.36. The van der Waals surface area contributed by atoms with Crippen molar-refractivity contribution in [3.8, 4) is 0 Å². The van der Waals surface area contributed by atoms with E-state index in [9.17, 15) is 24.3 Å². The van der Waals surface area contributed by atoms with Gasteiger partial charge in [-0.05, 0) is 77.9 Å². The van der Waals surface area contributed by atoms with E-state index in [0.29, 0.717) is 25.8 Å². The van der Waals surface area contributed by atoms with Crippen LogP contribution in [0.25, 0.3) is 6.08 Å². The number of aryl methyl sites for hydroxylation is 1. The van der Waals surface area contributed by atoms with E-state index in [1.807, 2.05) is 32.2 Å². The molecule has 2 fully saturated rings. The van der Waals surface area contributed by atoms with Crippen LogP contribution in [0.5, 0.6) is 0 Å². The fourth-order valence-corrected chi connectivity index (χ4v) is 6.93. The van der Waals surface area contributed by atoms with Gasteiger partial charge in [-0.3, -0.25) is 24.6 Å². The molecule has 2 amide bonds. The monoisotopic (exact) mass is 662 g/mol. The summed E-state index contributed by atoms with van der Waals surface area (Å²) in [5.41, 5.74) is 5.35. The number of rotatable bonds is 11. The summed E-state index contributed by atoms with van der Waals surface area (Å²) < 4.78 is 12.1. The number of fused-ring (bicyclic) bond motifs is 1. The highest BCUT2D eigenvalue weighted by molar-refractivity contribution is 7.09. The molecule has 2 saturated heterocycles. The molecule has 0 spiro atoms. The predicted molar refractivity (Wildman–Crippen MR) is 177 cm³/mol. The van der Waals surface area contributed by atoms with Crippen molar-refractivity contribution in [3.63, 3.8) is 0 Å². The third kappa shape index (κ3) is 10.7. The van der Waals surface area contributed by atoms with Crippen molar-refractivity contribution >= 4 is 41.5 Å². The fraction of sp³-hybridized carbons (Fsp3) is 0.735. The molecule has 258 valence electrons. The SMILES string of the molecule is C/C(=C\c1csc(C)n1)[C@@H]1C[C@@H]2O[C@]2(C)CCC[C@H](C)[C@H](O)[C@@H](C)C(=O)C(C)(C)[C@@H](OC(=O)CCCCCNNC=O)CC(=O)N1. The van der Waals surface area contributed by atoms with Crippen molar-refractivity contribution in [2.24, 2.45) is 17.3 Å². The predicted octanol–water partition coefficient (Wildman–Crippen LogP) is 4.41. The zero-order valence-corrected chi connectivity index (χ0v) is 29.3. The molecule has 3 heterocycles. The molecule has 46 heavy (non-hydrogen) atoms. The molecule has 0 unspecified atom stereocenters. The number of ether oxygens (including phenoxy) is 2. The Hall–Kier alpha value is -2.67. The molecule has 0 aromatic carbocycles. The lowest BCUT2D eigenvalue weighted by Crippen LogP contribution is -2.49. The van der Waals surface area contributed by atoms with Crippen LogP contribution in [0.15, 0.2) is 11.0 Å². The molecule has 0 saturated carbocycles. The lowest BCUT2D eigenvalue weighted by atomic mass is 9.72. The highest BCUT2D eigenvalue weighted by Gasteiger charge is 2.52. The highest BCUT2D eigenvalue weighted by Crippen LogP contribution is 2.44. The van der Waals surface area contributed by atoms with Crippen LogP contribution >= 0.6 is 11.3 Å². The molecule has 0 bridgehead atoms. The van der Waals surface area contributed by atoms with Gasteiger partial charge in [0.05, 0.1) is 46.4 Å². The van der Waals surface area contributed by atoms with Gasteiger partial charge in [0.1, 0.15) is 11.9 Å². The number of amides is 2. The number of hydrazine groups is 1. The zero-order valence-electron chi connectivity index (χ0n) is 28.5. The smallest absolute Gasteiger partial charge is 0.306 e. The van der Waals surface area contributed by atoms with E-state index in [0.717, 1.165) is 48.4 Å². The lowest BCUT2D eigenvalue weighted by molar-refractivity contribution is -0.162. The van der Waals surface area contributed by atoms with E-state index in [1.54, 1.807) is 32.1 Å². The number of carbonyl (C=O) groups excluding carboxylic acids is 4. The summed E-state index contributed by atoms with van der Waals surface area (Å²) in [6.07, 6.45) is 5.54. The second-order valence-corrected chi connectivity index (χ2v) is 14.9. The Morgan fingerprint density at radius 3 is 2.65 bits per heavy atom. The summed E-state index contributed by atoms with van der Waals surface area (Å²) >= 11 is 1.56. The van der Waals surface area contributed by atoms with Gasteiger partial charge >= 0.3 is 5.97 Å². The molecule has 1 aromatic heterocycles. The van der Waals surface area contributed by atoms with Crippen molar-refractivity contribution in [2.45, 2.75) is 136 Å². The largest absolute Gasteiger partial charge is 0.461 e. The summed E-state index contributed by atoms with van der Waals surface area (Å²) in [6.45, 7) is 13.6. The number of aliphatic hydroxyl groups excluding tert-OH is 1. The number of thiazole rings is 1. The van der Waals surface area contributed by atoms with Gasteiger partial charge < -0.3 is 19.9 Å². The first-order chi connectivity index (χ1) is 21.7. The summed E-state index contributed by atoms with van der Waals surface area (Å²) in [4.78, 5) is 55.6. The summed E-state index contributed by atoms with van der Waals surface area (Å²) in [7, 11) is 0. The number of carbonyl (C=O) groups is 4. The van der Waals surface area contributed by atoms with Crippen molar-refractivity contribution in [2.75, 3.05) is 6.54 Å². The molecule has 2 aliphatic rings. The number of aliphatic hydroxyl groups is 1. The average Bonchev–Trinajstić information content (AvgIpc) is 3.44. The Morgan fingerprint density at radius 1 is 1.24 bits per heavy atom. The van der Waals surface area contributed by atoms with Crippen molar-refractivity contribution in [1.82, 2.24) is 21.2 Å². The Labute approximate surface area is 277 Å². The summed E-state index contributed by atoms with van der Waals surface area (Å²) in [6, 6.07) is -0.341. The second-order valence-electron chi connectivity index (χ2n) is 13.9. The first-order valence-corrected chi connectivity index (χ1v) is 17.5. The second kappa shape index (κ2) is 16.9. The van der Waals surface area contributed by atoms with Gasteiger partial charge in [0.25, 0.3) is 0 Å². The molecule has 0 aliphatic carbocycles. The maximum Gasteiger partial charge on any atom is 0.306 e. The molecule has 1 aromatic rings. The van der Waals surface area contributed by atoms with E-state index in [2.05, 4.69) is 28.1 Å². The quantitative estimate of drug-likeness (QED) is 0.0885. The number of unbranched alkanes of at least 4 members (excludes halogenated alkanes) is 2. The van der Waals surface area contributed by atoms with Gasteiger partial charge in [0.2, 0.25) is 12.3 Å². The maximum atomic E-state index is 13.9. The molecule has 11 nitrogen and oxygen atoms in total. The van der Waals surface area contributed by atoms with E-state index >= 15 is 0 Å². The molecule has 3 rings (SSSR count). The number of ketones is 1. The molecule has 4 N–H and O–H groups in total. The van der Waals surface area contributed by atoms with Gasteiger partial charge in [-0.25, -0.2) is 10.4 Å². The topological polar surface area (TPSA) is 159 Å². The van der Waals surface area contributed by atoms with Crippen LogP contribution in [-0.2, 0) is 28.7 Å². The van der Waals surface area contributed by atoms with Gasteiger partial charge in [-0.15, -0.1) is 11.3 Å². The minimum atomic E-state index is -1.23. The van der Waals surface area contributed by atoms with Gasteiger partial charge in [0.15, 0.2) is 0 Å². The Kier molecular flexibility index (Phi) is 13.9. The number of hydrogen-bond acceptors (Lipinski definition) is 10.